The van der Waals surface area contributed by atoms with Gasteiger partial charge in [0, 0.05) is 6.61 Å². The predicted molar refractivity (Wildman–Crippen MR) is 54.6 cm³/mol. The van der Waals surface area contributed by atoms with E-state index in [4.69, 9.17) is 30.6 Å². The van der Waals surface area contributed by atoms with Crippen LogP contribution < -0.4 is 0 Å². The molecule has 0 saturated heterocycles. The average molecular weight is 240 g/mol. The van der Waals surface area contributed by atoms with Crippen molar-refractivity contribution in [1.29, 1.82) is 0 Å². The molecule has 0 aliphatic rings. The highest BCUT2D eigenvalue weighted by atomic mass is 16.4. The second-order valence-electron chi connectivity index (χ2n) is 3.08. The molecule has 4 atom stereocenters. The topological polar surface area (TPSA) is 138 Å². The Morgan fingerprint density at radius 2 is 1.50 bits per heavy atom. The van der Waals surface area contributed by atoms with Gasteiger partial charge < -0.3 is 35.4 Å². The number of carbonyl (C=O) groups excluding carboxylic acids is 1. The van der Waals surface area contributed by atoms with Crippen LogP contribution >= 0.6 is 0 Å². The maximum absolute atomic E-state index is 9.90. The van der Waals surface area contributed by atoms with Crippen LogP contribution in [0.25, 0.3) is 0 Å². The van der Waals surface area contributed by atoms with Crippen molar-refractivity contribution in [2.45, 2.75) is 37.8 Å². The van der Waals surface area contributed by atoms with Gasteiger partial charge in [-0.3, -0.25) is 0 Å². The molecule has 0 aliphatic carbocycles. The molecular weight excluding hydrogens is 220 g/mol. The molecule has 0 aromatic rings. The molecule has 0 fully saturated rings. The van der Waals surface area contributed by atoms with E-state index in [1.54, 1.807) is 0 Å². The third-order valence-electron chi connectivity index (χ3n) is 1.64. The lowest BCUT2D eigenvalue weighted by atomic mass is 10.0. The van der Waals surface area contributed by atoms with Crippen LogP contribution in [-0.4, -0.2) is 74.6 Å². The molecule has 4 unspecified atom stereocenters. The van der Waals surface area contributed by atoms with Crippen LogP contribution in [0.15, 0.2) is 0 Å². The molecule has 16 heavy (non-hydrogen) atoms. The van der Waals surface area contributed by atoms with E-state index in [0.717, 1.165) is 6.42 Å². The van der Waals surface area contributed by atoms with Crippen molar-refractivity contribution in [2.75, 3.05) is 13.2 Å². The average Bonchev–Trinajstić information content (AvgIpc) is 2.34. The molecule has 0 aromatic heterocycles. The minimum absolute atomic E-state index is 0.0258. The number of carbonyl (C=O) groups is 1. The highest BCUT2D eigenvalue weighted by Gasteiger charge is 2.29. The van der Waals surface area contributed by atoms with E-state index >= 15 is 0 Å². The highest BCUT2D eigenvalue weighted by molar-refractivity contribution is 5.56. The Hall–Kier alpha value is -0.570. The summed E-state index contributed by atoms with van der Waals surface area (Å²) in [5, 5.41) is 51.4. The molecule has 7 nitrogen and oxygen atoms in total. The Morgan fingerprint density at radius 3 is 1.75 bits per heavy atom. The van der Waals surface area contributed by atoms with E-state index in [1.807, 2.05) is 6.92 Å². The third-order valence-corrected chi connectivity index (χ3v) is 1.64. The maximum atomic E-state index is 9.90. The molecule has 0 heterocycles. The summed E-state index contributed by atoms with van der Waals surface area (Å²) in [5.41, 5.74) is 0. The lowest BCUT2D eigenvalue weighted by Gasteiger charge is -2.22. The van der Waals surface area contributed by atoms with Gasteiger partial charge in [0.05, 0.1) is 6.61 Å². The fourth-order valence-corrected chi connectivity index (χ4v) is 0.618. The van der Waals surface area contributed by atoms with Crippen molar-refractivity contribution >= 4 is 6.29 Å². The zero-order valence-corrected chi connectivity index (χ0v) is 9.10. The molecule has 0 aromatic carbocycles. The van der Waals surface area contributed by atoms with Crippen LogP contribution in [0.5, 0.6) is 0 Å². The van der Waals surface area contributed by atoms with Gasteiger partial charge in [-0.05, 0) is 6.42 Å². The number of hydrogen-bond donors (Lipinski definition) is 6. The summed E-state index contributed by atoms with van der Waals surface area (Å²) in [6.07, 6.45) is -5.96. The Morgan fingerprint density at radius 1 is 1.06 bits per heavy atom. The van der Waals surface area contributed by atoms with E-state index in [2.05, 4.69) is 0 Å². The molecule has 0 rings (SSSR count). The Kier molecular flexibility index (Phi) is 12.2. The van der Waals surface area contributed by atoms with Gasteiger partial charge in [-0.15, -0.1) is 0 Å². The van der Waals surface area contributed by atoms with Crippen molar-refractivity contribution in [3.63, 3.8) is 0 Å². The lowest BCUT2D eigenvalue weighted by Crippen LogP contribution is -2.46. The second-order valence-corrected chi connectivity index (χ2v) is 3.08. The molecule has 0 radical (unpaired) electrons. The van der Waals surface area contributed by atoms with Gasteiger partial charge in [0.25, 0.3) is 0 Å². The number of aliphatic hydroxyl groups is 6. The van der Waals surface area contributed by atoms with E-state index < -0.39 is 31.0 Å². The molecule has 0 spiro atoms. The third kappa shape index (κ3) is 7.69. The monoisotopic (exact) mass is 240 g/mol. The number of rotatable bonds is 6. The molecule has 98 valence electrons. The second kappa shape index (κ2) is 10.9. The smallest absolute Gasteiger partial charge is 0.151 e. The zero-order chi connectivity index (χ0) is 13.1. The van der Waals surface area contributed by atoms with Crippen LogP contribution in [0, 0.1) is 0 Å². The van der Waals surface area contributed by atoms with Gasteiger partial charge in [0.2, 0.25) is 0 Å². The first kappa shape index (κ1) is 17.8. The van der Waals surface area contributed by atoms with Crippen LogP contribution in [0.4, 0.5) is 0 Å². The van der Waals surface area contributed by atoms with Gasteiger partial charge >= 0.3 is 0 Å². The summed E-state index contributed by atoms with van der Waals surface area (Å²) in [4.78, 5) is 9.90. The SMILES string of the molecule is CCCO.O=CC(O)C(O)C(O)C(O)CO. The summed E-state index contributed by atoms with van der Waals surface area (Å²) in [5.74, 6) is 0. The Bertz CT molecular complexity index is 162. The predicted octanol–water partition coefficient (Wildman–Crippen LogP) is -2.99. The summed E-state index contributed by atoms with van der Waals surface area (Å²) < 4.78 is 0. The first-order valence-corrected chi connectivity index (χ1v) is 4.85. The summed E-state index contributed by atoms with van der Waals surface area (Å²) >= 11 is 0. The van der Waals surface area contributed by atoms with E-state index in [1.165, 1.54) is 0 Å². The highest BCUT2D eigenvalue weighted by Crippen LogP contribution is 2.02. The van der Waals surface area contributed by atoms with Crippen molar-refractivity contribution in [3.05, 3.63) is 0 Å². The van der Waals surface area contributed by atoms with Gasteiger partial charge in [-0.25, -0.2) is 0 Å². The summed E-state index contributed by atoms with van der Waals surface area (Å²) in [6, 6.07) is 0. The normalized spacial score (nSPS) is 17.7. The fourth-order valence-electron chi connectivity index (χ4n) is 0.618. The number of aliphatic hydroxyl groups excluding tert-OH is 6. The standard InChI is InChI=1S/C6H12O6.C3H8O/c7-1-3(9)5(11)6(12)4(10)2-8;1-2-3-4/h1,3-6,8-12H,2H2;4H,2-3H2,1H3. The van der Waals surface area contributed by atoms with Crippen molar-refractivity contribution in [2.24, 2.45) is 0 Å². The zero-order valence-electron chi connectivity index (χ0n) is 9.10. The molecule has 0 amide bonds. The first-order chi connectivity index (χ1) is 7.45. The molecule has 0 saturated carbocycles. The molecular formula is C9H20O7. The first-order valence-electron chi connectivity index (χ1n) is 4.85. The minimum Gasteiger partial charge on any atom is -0.396 e. The lowest BCUT2D eigenvalue weighted by molar-refractivity contribution is -0.136. The molecule has 0 aliphatic heterocycles. The molecule has 7 heteroatoms. The van der Waals surface area contributed by atoms with Gasteiger partial charge in [-0.2, -0.15) is 0 Å². The van der Waals surface area contributed by atoms with Crippen LogP contribution in [0.3, 0.4) is 0 Å². The number of aldehydes is 1. The fraction of sp³-hybridized carbons (Fsp3) is 0.889. The largest absolute Gasteiger partial charge is 0.396 e. The van der Waals surface area contributed by atoms with Crippen LogP contribution in [-0.2, 0) is 4.79 Å². The quantitative estimate of drug-likeness (QED) is 0.272. The van der Waals surface area contributed by atoms with E-state index in [-0.39, 0.29) is 6.29 Å². The van der Waals surface area contributed by atoms with Gasteiger partial charge in [0.1, 0.15) is 24.4 Å². The summed E-state index contributed by atoms with van der Waals surface area (Å²) in [6.45, 7) is 1.49. The Balaban J connectivity index is 0. The van der Waals surface area contributed by atoms with Gasteiger partial charge in [0.15, 0.2) is 6.29 Å². The van der Waals surface area contributed by atoms with E-state index in [0.29, 0.717) is 6.61 Å². The van der Waals surface area contributed by atoms with Crippen molar-refractivity contribution in [1.82, 2.24) is 0 Å². The van der Waals surface area contributed by atoms with Crippen LogP contribution in [0.1, 0.15) is 13.3 Å². The van der Waals surface area contributed by atoms with Crippen LogP contribution in [0.2, 0.25) is 0 Å². The van der Waals surface area contributed by atoms with Crippen molar-refractivity contribution < 1.29 is 35.4 Å². The minimum atomic E-state index is -1.79. The molecule has 0 bridgehead atoms. The van der Waals surface area contributed by atoms with E-state index in [9.17, 15) is 4.79 Å². The van der Waals surface area contributed by atoms with Gasteiger partial charge in [-0.1, -0.05) is 6.92 Å². The molecule has 6 N–H and O–H groups in total. The van der Waals surface area contributed by atoms with Crippen molar-refractivity contribution in [3.8, 4) is 0 Å². The Labute approximate surface area is 93.6 Å². The number of hydrogen-bond acceptors (Lipinski definition) is 7. The maximum Gasteiger partial charge on any atom is 0.151 e. The summed E-state index contributed by atoms with van der Waals surface area (Å²) in [7, 11) is 0.